The molecule has 1 unspecified atom stereocenters. The summed E-state index contributed by atoms with van der Waals surface area (Å²) in [4.78, 5) is 0. The van der Waals surface area contributed by atoms with E-state index >= 15 is 0 Å². The fraction of sp³-hybridized carbons (Fsp3) is 0.357. The van der Waals surface area contributed by atoms with Gasteiger partial charge in [0.05, 0.1) is 12.6 Å². The lowest BCUT2D eigenvalue weighted by Gasteiger charge is -2.39. The lowest BCUT2D eigenvalue weighted by molar-refractivity contribution is 0.264. The molecule has 0 aromatic heterocycles. The topological polar surface area (TPSA) is 21.3 Å². The summed E-state index contributed by atoms with van der Waals surface area (Å²) < 4.78 is 5.38. The van der Waals surface area contributed by atoms with E-state index in [0.717, 1.165) is 12.2 Å². The second-order valence-corrected chi connectivity index (χ2v) is 9.96. The average Bonchev–Trinajstić information content (AvgIpc) is 3.38. The minimum absolute atomic E-state index is 0.0190. The zero-order valence-electron chi connectivity index (χ0n) is 18.0. The molecule has 3 aromatic rings. The highest BCUT2D eigenvalue weighted by atomic mass is 16.5. The van der Waals surface area contributed by atoms with Crippen molar-refractivity contribution in [3.63, 3.8) is 0 Å². The molecule has 30 heavy (non-hydrogen) atoms. The molecule has 0 saturated heterocycles. The quantitative estimate of drug-likeness (QED) is 0.616. The van der Waals surface area contributed by atoms with E-state index in [4.69, 9.17) is 4.74 Å². The van der Waals surface area contributed by atoms with Crippen LogP contribution in [0.4, 0.5) is 0 Å². The number of methoxy groups -OCH3 is 1. The molecule has 2 heterocycles. The Labute approximate surface area is 179 Å². The van der Waals surface area contributed by atoms with Crippen LogP contribution in [0.3, 0.4) is 0 Å². The van der Waals surface area contributed by atoms with Crippen LogP contribution in [0.25, 0.3) is 0 Å². The molecule has 2 aliphatic heterocycles. The van der Waals surface area contributed by atoms with Crippen molar-refractivity contribution < 1.29 is 4.74 Å². The molecule has 1 saturated carbocycles. The Morgan fingerprint density at radius 2 is 1.40 bits per heavy atom. The lowest BCUT2D eigenvalue weighted by Crippen LogP contribution is -2.47. The van der Waals surface area contributed by atoms with Crippen LogP contribution >= 0.6 is 0 Å². The molecule has 0 radical (unpaired) electrons. The van der Waals surface area contributed by atoms with Gasteiger partial charge in [-0.25, -0.2) is 0 Å². The Morgan fingerprint density at radius 3 is 2.07 bits per heavy atom. The number of hydrogen-bond acceptors (Lipinski definition) is 2. The van der Waals surface area contributed by atoms with Crippen LogP contribution in [-0.4, -0.2) is 7.11 Å². The molecule has 0 spiro atoms. The standard InChI is InChI=1S/C28H29NO/c1-26-17-20-18-28(20,16-19-12-14-21(30-3)15-13-19)25-11-7-6-10-24(25)27(2,29-26)23-9-5-4-8-22(23)26/h4-15,20,29H,16-18H2,1-3H3/t20-,26?,27-,28+/m1/s1. The Hall–Kier alpha value is -2.58. The minimum Gasteiger partial charge on any atom is -0.497 e. The highest BCUT2D eigenvalue weighted by Crippen LogP contribution is 2.65. The monoisotopic (exact) mass is 395 g/mol. The van der Waals surface area contributed by atoms with Gasteiger partial charge in [0, 0.05) is 11.0 Å². The van der Waals surface area contributed by atoms with Crippen molar-refractivity contribution in [2.75, 3.05) is 7.11 Å². The fourth-order valence-electron chi connectivity index (χ4n) is 6.70. The molecule has 152 valence electrons. The van der Waals surface area contributed by atoms with Gasteiger partial charge in [0.2, 0.25) is 0 Å². The van der Waals surface area contributed by atoms with Gasteiger partial charge in [-0.3, -0.25) is 5.32 Å². The van der Waals surface area contributed by atoms with E-state index in [0.29, 0.717) is 5.92 Å². The molecule has 2 nitrogen and oxygen atoms in total. The zero-order chi connectivity index (χ0) is 20.6. The first-order valence-corrected chi connectivity index (χ1v) is 11.1. The molecule has 2 heteroatoms. The Kier molecular flexibility index (Phi) is 3.63. The first-order chi connectivity index (χ1) is 14.5. The Balaban J connectivity index is 1.52. The average molecular weight is 396 g/mol. The fourth-order valence-corrected chi connectivity index (χ4v) is 6.70. The molecule has 1 fully saturated rings. The van der Waals surface area contributed by atoms with Crippen LogP contribution in [0.1, 0.15) is 54.5 Å². The molecule has 0 amide bonds. The second kappa shape index (κ2) is 5.98. The number of hydrogen-bond donors (Lipinski definition) is 1. The van der Waals surface area contributed by atoms with E-state index < -0.39 is 0 Å². The maximum atomic E-state index is 5.38. The second-order valence-electron chi connectivity index (χ2n) is 9.96. The van der Waals surface area contributed by atoms with Crippen molar-refractivity contribution in [3.05, 3.63) is 101 Å². The van der Waals surface area contributed by atoms with Crippen molar-refractivity contribution in [2.24, 2.45) is 5.92 Å². The van der Waals surface area contributed by atoms with E-state index in [2.05, 4.69) is 92.0 Å². The van der Waals surface area contributed by atoms with Crippen molar-refractivity contribution in [2.45, 2.75) is 49.6 Å². The lowest BCUT2D eigenvalue weighted by atomic mass is 9.75. The van der Waals surface area contributed by atoms with Crippen LogP contribution in [0.15, 0.2) is 72.8 Å². The predicted octanol–water partition coefficient (Wildman–Crippen LogP) is 5.68. The Bertz CT molecular complexity index is 1140. The summed E-state index contributed by atoms with van der Waals surface area (Å²) in [5, 5.41) is 4.10. The number of ether oxygens (including phenoxy) is 1. The Morgan fingerprint density at radius 1 is 0.800 bits per heavy atom. The van der Waals surface area contributed by atoms with Gasteiger partial charge in [0.15, 0.2) is 0 Å². The maximum absolute atomic E-state index is 5.38. The summed E-state index contributed by atoms with van der Waals surface area (Å²) in [5.74, 6) is 1.62. The predicted molar refractivity (Wildman–Crippen MR) is 121 cm³/mol. The summed E-state index contributed by atoms with van der Waals surface area (Å²) in [7, 11) is 1.73. The van der Waals surface area contributed by atoms with E-state index in [9.17, 15) is 0 Å². The highest BCUT2D eigenvalue weighted by molar-refractivity contribution is 5.57. The molecule has 3 aliphatic rings. The van der Waals surface area contributed by atoms with Crippen LogP contribution in [0.5, 0.6) is 5.75 Å². The SMILES string of the molecule is COc1ccc(C[C@]23C[C@H]2CC2(C)N[C@](C)(c4ccccc42)c2ccccc23)cc1. The van der Waals surface area contributed by atoms with Gasteiger partial charge >= 0.3 is 0 Å². The molecule has 1 aliphatic carbocycles. The van der Waals surface area contributed by atoms with E-state index in [1.807, 2.05) is 0 Å². The van der Waals surface area contributed by atoms with Crippen LogP contribution in [-0.2, 0) is 22.9 Å². The molecular weight excluding hydrogens is 366 g/mol. The van der Waals surface area contributed by atoms with Gasteiger partial charge in [-0.05, 0) is 79.0 Å². The van der Waals surface area contributed by atoms with Gasteiger partial charge in [-0.1, -0.05) is 60.7 Å². The van der Waals surface area contributed by atoms with E-state index in [-0.39, 0.29) is 16.5 Å². The van der Waals surface area contributed by atoms with Crippen molar-refractivity contribution in [1.82, 2.24) is 5.32 Å². The summed E-state index contributed by atoms with van der Waals surface area (Å²) in [6, 6.07) is 27.0. The third-order valence-electron chi connectivity index (χ3n) is 8.15. The van der Waals surface area contributed by atoms with E-state index in [1.165, 1.54) is 35.1 Å². The molecule has 1 N–H and O–H groups in total. The molecule has 2 bridgehead atoms. The van der Waals surface area contributed by atoms with E-state index in [1.54, 1.807) is 12.7 Å². The van der Waals surface area contributed by atoms with Crippen LogP contribution in [0.2, 0.25) is 0 Å². The zero-order valence-corrected chi connectivity index (χ0v) is 18.0. The largest absolute Gasteiger partial charge is 0.497 e. The van der Waals surface area contributed by atoms with Gasteiger partial charge in [0.25, 0.3) is 0 Å². The maximum Gasteiger partial charge on any atom is 0.118 e. The number of rotatable bonds is 3. The van der Waals surface area contributed by atoms with Crippen LogP contribution < -0.4 is 10.1 Å². The van der Waals surface area contributed by atoms with Gasteiger partial charge in [0.1, 0.15) is 5.75 Å². The van der Waals surface area contributed by atoms with Crippen molar-refractivity contribution in [1.29, 1.82) is 0 Å². The summed E-state index contributed by atoms with van der Waals surface area (Å²) in [6.07, 6.45) is 3.55. The number of benzene rings is 3. The van der Waals surface area contributed by atoms with Gasteiger partial charge < -0.3 is 4.74 Å². The first kappa shape index (κ1) is 18.2. The normalized spacial score (nSPS) is 33.0. The third-order valence-corrected chi connectivity index (χ3v) is 8.15. The molecule has 4 atom stereocenters. The molecule has 3 aromatic carbocycles. The third kappa shape index (κ3) is 2.34. The van der Waals surface area contributed by atoms with Crippen molar-refractivity contribution >= 4 is 0 Å². The molecular formula is C28H29NO. The smallest absolute Gasteiger partial charge is 0.118 e. The van der Waals surface area contributed by atoms with Gasteiger partial charge in [-0.2, -0.15) is 0 Å². The first-order valence-electron chi connectivity index (χ1n) is 11.1. The summed E-state index contributed by atoms with van der Waals surface area (Å²) in [5.41, 5.74) is 7.43. The van der Waals surface area contributed by atoms with Crippen LogP contribution in [0, 0.1) is 5.92 Å². The number of fused-ring (bicyclic) bond motifs is 9. The summed E-state index contributed by atoms with van der Waals surface area (Å²) in [6.45, 7) is 4.81. The van der Waals surface area contributed by atoms with Gasteiger partial charge in [-0.15, -0.1) is 0 Å². The summed E-state index contributed by atoms with van der Waals surface area (Å²) >= 11 is 0. The minimum atomic E-state index is -0.150. The highest BCUT2D eigenvalue weighted by Gasteiger charge is 2.62. The molecule has 6 rings (SSSR count). The van der Waals surface area contributed by atoms with Crippen molar-refractivity contribution in [3.8, 4) is 5.75 Å². The number of nitrogens with one attached hydrogen (secondary N) is 1.